The van der Waals surface area contributed by atoms with E-state index >= 15 is 0 Å². The fraction of sp³-hybridized carbons (Fsp3) is 0.714. The van der Waals surface area contributed by atoms with Gasteiger partial charge in [-0.15, -0.1) is 0 Å². The van der Waals surface area contributed by atoms with E-state index in [4.69, 9.17) is 9.73 Å². The highest BCUT2D eigenvalue weighted by Gasteiger charge is 2.32. The standard InChI is InChI=1S/C14H20N4OS/c1-2-4-11-10(3-1)16-13(17-11)12-9-15-14(20-12)18-5-7-19-8-6-18/h9-11H,1-8H2,(H,16,17). The zero-order valence-electron chi connectivity index (χ0n) is 11.5. The van der Waals surface area contributed by atoms with Crippen molar-refractivity contribution in [2.45, 2.75) is 37.8 Å². The number of anilines is 1. The van der Waals surface area contributed by atoms with Gasteiger partial charge in [-0.25, -0.2) is 4.98 Å². The topological polar surface area (TPSA) is 49.8 Å². The van der Waals surface area contributed by atoms with Gasteiger partial charge in [-0.2, -0.15) is 0 Å². The van der Waals surface area contributed by atoms with E-state index in [0.717, 1.165) is 37.3 Å². The molecule has 2 unspecified atom stereocenters. The molecule has 4 rings (SSSR count). The van der Waals surface area contributed by atoms with Crippen molar-refractivity contribution in [1.29, 1.82) is 0 Å². The fourth-order valence-corrected chi connectivity index (χ4v) is 4.15. The molecule has 2 atom stereocenters. The van der Waals surface area contributed by atoms with Crippen LogP contribution in [0.4, 0.5) is 5.13 Å². The van der Waals surface area contributed by atoms with E-state index in [1.54, 1.807) is 11.3 Å². The highest BCUT2D eigenvalue weighted by atomic mass is 32.1. The minimum Gasteiger partial charge on any atom is -0.378 e. The summed E-state index contributed by atoms with van der Waals surface area (Å²) in [4.78, 5) is 12.9. The highest BCUT2D eigenvalue weighted by molar-refractivity contribution is 7.17. The Morgan fingerprint density at radius 3 is 2.95 bits per heavy atom. The molecule has 3 aliphatic rings. The lowest BCUT2D eigenvalue weighted by Crippen LogP contribution is -2.36. The molecule has 3 heterocycles. The van der Waals surface area contributed by atoms with Gasteiger partial charge in [-0.3, -0.25) is 4.99 Å². The van der Waals surface area contributed by atoms with Crippen molar-refractivity contribution in [3.8, 4) is 0 Å². The quantitative estimate of drug-likeness (QED) is 0.900. The third-order valence-corrected chi connectivity index (χ3v) is 5.42. The van der Waals surface area contributed by atoms with Crippen LogP contribution >= 0.6 is 11.3 Å². The van der Waals surface area contributed by atoms with Gasteiger partial charge in [0, 0.05) is 13.1 Å². The molecule has 1 N–H and O–H groups in total. The second kappa shape index (κ2) is 5.33. The molecule has 1 aromatic rings. The lowest BCUT2D eigenvalue weighted by atomic mass is 9.92. The van der Waals surface area contributed by atoms with Crippen molar-refractivity contribution in [3.63, 3.8) is 0 Å². The summed E-state index contributed by atoms with van der Waals surface area (Å²) in [7, 11) is 0. The number of rotatable bonds is 2. The molecule has 20 heavy (non-hydrogen) atoms. The number of aromatic nitrogens is 1. The largest absolute Gasteiger partial charge is 0.378 e. The normalized spacial score (nSPS) is 29.8. The molecular formula is C14H20N4OS. The van der Waals surface area contributed by atoms with Crippen LogP contribution in [0.2, 0.25) is 0 Å². The smallest absolute Gasteiger partial charge is 0.186 e. The Labute approximate surface area is 123 Å². The second-order valence-corrected chi connectivity index (χ2v) is 6.70. The zero-order valence-corrected chi connectivity index (χ0v) is 12.4. The molecular weight excluding hydrogens is 272 g/mol. The molecule has 1 aliphatic carbocycles. The van der Waals surface area contributed by atoms with Gasteiger partial charge in [-0.05, 0) is 12.8 Å². The molecule has 108 valence electrons. The lowest BCUT2D eigenvalue weighted by Gasteiger charge is -2.25. The van der Waals surface area contributed by atoms with Crippen molar-refractivity contribution in [3.05, 3.63) is 11.1 Å². The summed E-state index contributed by atoms with van der Waals surface area (Å²) < 4.78 is 5.39. The number of amidine groups is 1. The third kappa shape index (κ3) is 2.31. The van der Waals surface area contributed by atoms with Crippen LogP contribution in [-0.4, -0.2) is 49.2 Å². The van der Waals surface area contributed by atoms with Gasteiger partial charge in [0.2, 0.25) is 0 Å². The van der Waals surface area contributed by atoms with E-state index in [1.807, 2.05) is 6.20 Å². The zero-order chi connectivity index (χ0) is 13.4. The lowest BCUT2D eigenvalue weighted by molar-refractivity contribution is 0.122. The summed E-state index contributed by atoms with van der Waals surface area (Å²) in [5.74, 6) is 1.07. The van der Waals surface area contributed by atoms with Crippen molar-refractivity contribution < 1.29 is 4.74 Å². The molecule has 2 fully saturated rings. The van der Waals surface area contributed by atoms with Gasteiger partial charge in [-0.1, -0.05) is 24.2 Å². The highest BCUT2D eigenvalue weighted by Crippen LogP contribution is 2.29. The number of fused-ring (bicyclic) bond motifs is 1. The Kier molecular flexibility index (Phi) is 3.36. The predicted octanol–water partition coefficient (Wildman–Crippen LogP) is 1.64. The van der Waals surface area contributed by atoms with Gasteiger partial charge in [0.25, 0.3) is 0 Å². The molecule has 5 nitrogen and oxygen atoms in total. The predicted molar refractivity (Wildman–Crippen MR) is 80.9 cm³/mol. The van der Waals surface area contributed by atoms with Crippen molar-refractivity contribution in [1.82, 2.24) is 10.3 Å². The SMILES string of the molecule is c1nc(N2CCOCC2)sc1C1=NC2CCCCC2N1. The van der Waals surface area contributed by atoms with Gasteiger partial charge >= 0.3 is 0 Å². The summed E-state index contributed by atoms with van der Waals surface area (Å²) in [5.41, 5.74) is 0. The maximum absolute atomic E-state index is 5.39. The van der Waals surface area contributed by atoms with E-state index in [-0.39, 0.29) is 0 Å². The van der Waals surface area contributed by atoms with Gasteiger partial charge in [0.15, 0.2) is 5.13 Å². The molecule has 0 radical (unpaired) electrons. The first kappa shape index (κ1) is 12.6. The van der Waals surface area contributed by atoms with Crippen LogP contribution in [0, 0.1) is 0 Å². The molecule has 6 heteroatoms. The number of thiazole rings is 1. The van der Waals surface area contributed by atoms with Gasteiger partial charge in [0.05, 0.1) is 36.4 Å². The Morgan fingerprint density at radius 2 is 2.10 bits per heavy atom. The minimum atomic E-state index is 0.493. The number of morpholine rings is 1. The summed E-state index contributed by atoms with van der Waals surface area (Å²) in [6, 6.07) is 1.06. The monoisotopic (exact) mass is 292 g/mol. The van der Waals surface area contributed by atoms with Crippen LogP contribution in [0.25, 0.3) is 0 Å². The summed E-state index contributed by atoms with van der Waals surface area (Å²) in [6.07, 6.45) is 7.11. The van der Waals surface area contributed by atoms with Crippen molar-refractivity contribution in [2.24, 2.45) is 4.99 Å². The first-order chi connectivity index (χ1) is 9.90. The summed E-state index contributed by atoms with van der Waals surface area (Å²) in [6.45, 7) is 3.49. The molecule has 0 amide bonds. The van der Waals surface area contributed by atoms with Crippen LogP contribution in [-0.2, 0) is 4.74 Å². The maximum atomic E-state index is 5.39. The maximum Gasteiger partial charge on any atom is 0.186 e. The molecule has 1 saturated carbocycles. The molecule has 1 saturated heterocycles. The van der Waals surface area contributed by atoms with E-state index in [2.05, 4.69) is 15.2 Å². The number of ether oxygens (including phenoxy) is 1. The molecule has 0 aromatic carbocycles. The number of hydrogen-bond donors (Lipinski definition) is 1. The minimum absolute atomic E-state index is 0.493. The van der Waals surface area contributed by atoms with Crippen molar-refractivity contribution in [2.75, 3.05) is 31.2 Å². The number of nitrogens with zero attached hydrogens (tertiary/aromatic N) is 3. The summed E-state index contributed by atoms with van der Waals surface area (Å²) >= 11 is 1.75. The fourth-order valence-electron chi connectivity index (χ4n) is 3.22. The van der Waals surface area contributed by atoms with Crippen LogP contribution < -0.4 is 10.2 Å². The first-order valence-electron chi connectivity index (χ1n) is 7.53. The van der Waals surface area contributed by atoms with E-state index in [9.17, 15) is 0 Å². The molecule has 2 aliphatic heterocycles. The van der Waals surface area contributed by atoms with E-state index in [1.165, 1.54) is 30.6 Å². The van der Waals surface area contributed by atoms with Crippen LogP contribution in [0.1, 0.15) is 30.6 Å². The summed E-state index contributed by atoms with van der Waals surface area (Å²) in [5, 5.41) is 4.70. The van der Waals surface area contributed by atoms with Crippen LogP contribution in [0.5, 0.6) is 0 Å². The Morgan fingerprint density at radius 1 is 1.25 bits per heavy atom. The number of aliphatic imine (C=N–C) groups is 1. The van der Waals surface area contributed by atoms with E-state index in [0.29, 0.717) is 12.1 Å². The van der Waals surface area contributed by atoms with E-state index < -0.39 is 0 Å². The van der Waals surface area contributed by atoms with Crippen LogP contribution in [0.15, 0.2) is 11.2 Å². The second-order valence-electron chi connectivity index (χ2n) is 5.69. The van der Waals surface area contributed by atoms with Gasteiger partial charge in [0.1, 0.15) is 5.84 Å². The first-order valence-corrected chi connectivity index (χ1v) is 8.35. The third-order valence-electron chi connectivity index (χ3n) is 4.36. The van der Waals surface area contributed by atoms with Crippen LogP contribution in [0.3, 0.4) is 0 Å². The Bertz CT molecular complexity index is 509. The number of hydrogen-bond acceptors (Lipinski definition) is 6. The average molecular weight is 292 g/mol. The molecule has 1 aromatic heterocycles. The average Bonchev–Trinajstić information content (AvgIpc) is 3.14. The van der Waals surface area contributed by atoms with Gasteiger partial charge < -0.3 is 15.0 Å². The number of nitrogens with one attached hydrogen (secondary N) is 1. The molecule has 0 spiro atoms. The molecule has 0 bridgehead atoms. The Hall–Kier alpha value is -1.14. The van der Waals surface area contributed by atoms with Crippen molar-refractivity contribution >= 4 is 22.3 Å². The Balaban J connectivity index is 1.50.